The van der Waals surface area contributed by atoms with Gasteiger partial charge in [0.25, 0.3) is 5.91 Å². The van der Waals surface area contributed by atoms with Gasteiger partial charge < -0.3 is 10.3 Å². The van der Waals surface area contributed by atoms with Gasteiger partial charge in [0.05, 0.1) is 23.1 Å². The van der Waals surface area contributed by atoms with Gasteiger partial charge in [-0.25, -0.2) is 14.4 Å². The van der Waals surface area contributed by atoms with Crippen molar-refractivity contribution in [1.29, 1.82) is 0 Å². The van der Waals surface area contributed by atoms with Crippen LogP contribution in [0.5, 0.6) is 0 Å². The van der Waals surface area contributed by atoms with E-state index in [1.807, 2.05) is 24.3 Å². The molecule has 0 aliphatic heterocycles. The van der Waals surface area contributed by atoms with Crippen LogP contribution in [0.2, 0.25) is 0 Å². The molecule has 0 aliphatic rings. The number of H-pyrrole nitrogens is 1. The predicted molar refractivity (Wildman–Crippen MR) is 107 cm³/mol. The summed E-state index contributed by atoms with van der Waals surface area (Å²) >= 11 is 1.44. The number of halogens is 1. The van der Waals surface area contributed by atoms with Crippen molar-refractivity contribution in [3.05, 3.63) is 89.6 Å². The van der Waals surface area contributed by atoms with Crippen LogP contribution in [0.3, 0.4) is 0 Å². The first-order valence-electron chi connectivity index (χ1n) is 8.73. The van der Waals surface area contributed by atoms with Crippen LogP contribution in [-0.2, 0) is 12.3 Å². The van der Waals surface area contributed by atoms with E-state index < -0.39 is 0 Å². The summed E-state index contributed by atoms with van der Waals surface area (Å²) in [4.78, 5) is 24.6. The molecule has 0 bridgehead atoms. The van der Waals surface area contributed by atoms with Gasteiger partial charge in [-0.2, -0.15) is 0 Å². The second-order valence-corrected chi connectivity index (χ2v) is 7.12. The third kappa shape index (κ3) is 4.20. The predicted octanol–water partition coefficient (Wildman–Crippen LogP) is 4.32. The number of aromatic amines is 1. The molecule has 1 amide bonds. The van der Waals surface area contributed by atoms with Crippen LogP contribution in [0.4, 0.5) is 4.39 Å². The summed E-state index contributed by atoms with van der Waals surface area (Å²) < 4.78 is 13.0. The Kier molecular flexibility index (Phi) is 5.34. The fourth-order valence-corrected chi connectivity index (χ4v) is 3.71. The molecule has 2 N–H and O–H groups in total. The highest BCUT2D eigenvalue weighted by Crippen LogP contribution is 2.24. The van der Waals surface area contributed by atoms with Crippen molar-refractivity contribution < 1.29 is 9.18 Å². The first-order chi connectivity index (χ1) is 13.7. The number of amides is 1. The highest BCUT2D eigenvalue weighted by Gasteiger charge is 2.13. The van der Waals surface area contributed by atoms with E-state index >= 15 is 0 Å². The molecule has 0 aliphatic carbocycles. The van der Waals surface area contributed by atoms with Crippen molar-refractivity contribution in [1.82, 2.24) is 20.3 Å². The van der Waals surface area contributed by atoms with Crippen LogP contribution in [-0.4, -0.2) is 20.9 Å². The molecule has 2 aromatic heterocycles. The monoisotopic (exact) mass is 392 g/mol. The van der Waals surface area contributed by atoms with Crippen molar-refractivity contribution in [2.45, 2.75) is 17.3 Å². The third-order valence-electron chi connectivity index (χ3n) is 4.16. The summed E-state index contributed by atoms with van der Waals surface area (Å²) in [6, 6.07) is 17.5. The van der Waals surface area contributed by atoms with Gasteiger partial charge >= 0.3 is 0 Å². The molecule has 0 fully saturated rings. The zero-order chi connectivity index (χ0) is 19.3. The van der Waals surface area contributed by atoms with E-state index in [4.69, 9.17) is 0 Å². The maximum atomic E-state index is 13.0. The molecular weight excluding hydrogens is 375 g/mol. The minimum absolute atomic E-state index is 0.213. The number of thioether (sulfide) groups is 1. The number of para-hydroxylation sites is 2. The Morgan fingerprint density at radius 3 is 2.71 bits per heavy atom. The van der Waals surface area contributed by atoms with E-state index in [2.05, 4.69) is 20.3 Å². The van der Waals surface area contributed by atoms with Crippen LogP contribution >= 0.6 is 11.8 Å². The second-order valence-electron chi connectivity index (χ2n) is 6.15. The smallest absolute Gasteiger partial charge is 0.254 e. The molecule has 0 saturated carbocycles. The number of benzene rings is 2. The van der Waals surface area contributed by atoms with Gasteiger partial charge in [0.2, 0.25) is 0 Å². The van der Waals surface area contributed by atoms with Crippen LogP contribution in [0, 0.1) is 5.82 Å². The van der Waals surface area contributed by atoms with Gasteiger partial charge in [0.1, 0.15) is 16.7 Å². The molecule has 0 atom stereocenters. The summed E-state index contributed by atoms with van der Waals surface area (Å²) in [5.41, 5.74) is 3.27. The quantitative estimate of drug-likeness (QED) is 0.480. The molecule has 0 spiro atoms. The number of nitrogens with zero attached hydrogens (tertiary/aromatic N) is 2. The number of nitrogens with one attached hydrogen (secondary N) is 2. The molecule has 4 aromatic rings. The van der Waals surface area contributed by atoms with E-state index in [-0.39, 0.29) is 11.7 Å². The second kappa shape index (κ2) is 8.22. The first-order valence-corrected chi connectivity index (χ1v) is 9.72. The Hall–Kier alpha value is -3.19. The molecule has 0 unspecified atom stereocenters. The standard InChI is InChI=1S/C21H17FN4OS/c22-15-9-7-14(8-10-15)13-28-21-16(4-3-11-23-21)20(27)24-12-19-25-17-5-1-2-6-18(17)26-19/h1-11H,12-13H2,(H,24,27)(H,25,26). The molecule has 28 heavy (non-hydrogen) atoms. The molecule has 5 nitrogen and oxygen atoms in total. The van der Waals surface area contributed by atoms with Crippen molar-refractivity contribution in [2.24, 2.45) is 0 Å². The molecule has 0 radical (unpaired) electrons. The Morgan fingerprint density at radius 1 is 1.07 bits per heavy atom. The van der Waals surface area contributed by atoms with Crippen LogP contribution in [0.25, 0.3) is 11.0 Å². The molecule has 4 rings (SSSR count). The maximum Gasteiger partial charge on any atom is 0.254 e. The third-order valence-corrected chi connectivity index (χ3v) is 5.24. The highest BCUT2D eigenvalue weighted by atomic mass is 32.2. The Morgan fingerprint density at radius 2 is 1.89 bits per heavy atom. The zero-order valence-corrected chi connectivity index (χ0v) is 15.7. The molecule has 2 heterocycles. The number of rotatable bonds is 6. The lowest BCUT2D eigenvalue weighted by atomic mass is 10.2. The number of fused-ring (bicyclic) bond motifs is 1. The van der Waals surface area contributed by atoms with E-state index in [9.17, 15) is 9.18 Å². The van der Waals surface area contributed by atoms with Gasteiger partial charge in [-0.3, -0.25) is 4.79 Å². The van der Waals surface area contributed by atoms with Crippen molar-refractivity contribution in [3.8, 4) is 0 Å². The normalized spacial score (nSPS) is 10.9. The van der Waals surface area contributed by atoms with Gasteiger partial charge in [-0.1, -0.05) is 24.3 Å². The minimum atomic E-state index is -0.266. The summed E-state index contributed by atoms with van der Waals surface area (Å²) in [6.07, 6.45) is 1.66. The van der Waals surface area contributed by atoms with Gasteiger partial charge in [-0.15, -0.1) is 11.8 Å². The number of hydrogen-bond acceptors (Lipinski definition) is 4. The minimum Gasteiger partial charge on any atom is -0.345 e. The lowest BCUT2D eigenvalue weighted by Gasteiger charge is -2.08. The highest BCUT2D eigenvalue weighted by molar-refractivity contribution is 7.98. The van der Waals surface area contributed by atoms with Gasteiger partial charge in [0.15, 0.2) is 0 Å². The number of carbonyl (C=O) groups excluding carboxylic acids is 1. The Labute approximate surface area is 165 Å². The lowest BCUT2D eigenvalue weighted by Crippen LogP contribution is -2.24. The van der Waals surface area contributed by atoms with Crippen molar-refractivity contribution in [3.63, 3.8) is 0 Å². The van der Waals surface area contributed by atoms with Crippen LogP contribution in [0.1, 0.15) is 21.7 Å². The Balaban J connectivity index is 1.43. The molecule has 2 aromatic carbocycles. The fourth-order valence-electron chi connectivity index (χ4n) is 2.76. The summed E-state index contributed by atoms with van der Waals surface area (Å²) in [7, 11) is 0. The topological polar surface area (TPSA) is 70.7 Å². The maximum absolute atomic E-state index is 13.0. The van der Waals surface area contributed by atoms with Crippen molar-refractivity contribution in [2.75, 3.05) is 0 Å². The SMILES string of the molecule is O=C(NCc1nc2ccccc2[nH]1)c1cccnc1SCc1ccc(F)cc1. The average molecular weight is 392 g/mol. The van der Waals surface area contributed by atoms with Crippen LogP contribution in [0.15, 0.2) is 71.9 Å². The molecular formula is C21H17FN4OS. The van der Waals surface area contributed by atoms with Crippen molar-refractivity contribution >= 4 is 28.7 Å². The van der Waals surface area contributed by atoms with Gasteiger partial charge in [-0.05, 0) is 42.0 Å². The van der Waals surface area contributed by atoms with Gasteiger partial charge in [0, 0.05) is 11.9 Å². The largest absolute Gasteiger partial charge is 0.345 e. The molecule has 7 heteroatoms. The lowest BCUT2D eigenvalue weighted by molar-refractivity contribution is 0.0946. The summed E-state index contributed by atoms with van der Waals surface area (Å²) in [5, 5.41) is 3.52. The fraction of sp³-hybridized carbons (Fsp3) is 0.0952. The Bertz CT molecular complexity index is 1080. The number of hydrogen-bond donors (Lipinski definition) is 2. The van der Waals surface area contributed by atoms with E-state index in [1.165, 1.54) is 23.9 Å². The first kappa shape index (κ1) is 18.2. The summed E-state index contributed by atoms with van der Waals surface area (Å²) in [5.74, 6) is 0.813. The summed E-state index contributed by atoms with van der Waals surface area (Å²) in [6.45, 7) is 0.296. The number of aromatic nitrogens is 3. The van der Waals surface area contributed by atoms with E-state index in [1.54, 1.807) is 30.5 Å². The average Bonchev–Trinajstić information content (AvgIpc) is 3.15. The van der Waals surface area contributed by atoms with E-state index in [0.717, 1.165) is 16.6 Å². The number of imidazole rings is 1. The molecule has 140 valence electrons. The van der Waals surface area contributed by atoms with E-state index in [0.29, 0.717) is 28.7 Å². The number of pyridine rings is 1. The zero-order valence-electron chi connectivity index (χ0n) is 14.9. The number of carbonyl (C=O) groups is 1. The van der Waals surface area contributed by atoms with Crippen LogP contribution < -0.4 is 5.32 Å². The molecule has 0 saturated heterocycles.